The van der Waals surface area contributed by atoms with Crippen LogP contribution in [0.25, 0.3) is 11.1 Å². The normalized spacial score (nSPS) is 16.0. The third-order valence-electron chi connectivity index (χ3n) is 2.64. The van der Waals surface area contributed by atoms with Crippen molar-refractivity contribution < 1.29 is 4.42 Å². The number of nitrogens with one attached hydrogen (secondary N) is 1. The second kappa shape index (κ2) is 3.72. The minimum absolute atomic E-state index is 0. The molecule has 2 heterocycles. The lowest BCUT2D eigenvalue weighted by atomic mass is 10.1. The molecule has 1 aliphatic heterocycles. The van der Waals surface area contributed by atoms with E-state index in [-0.39, 0.29) is 24.2 Å². The van der Waals surface area contributed by atoms with E-state index in [1.165, 1.54) is 0 Å². The van der Waals surface area contributed by atoms with Gasteiger partial charge in [-0.15, -0.1) is 12.4 Å². The lowest BCUT2D eigenvalue weighted by Crippen LogP contribution is -2.46. The van der Waals surface area contributed by atoms with Gasteiger partial charge in [-0.1, -0.05) is 12.1 Å². The van der Waals surface area contributed by atoms with Gasteiger partial charge in [-0.2, -0.15) is 0 Å². The molecule has 0 atom stereocenters. The Hall–Kier alpha value is -1.26. The predicted molar refractivity (Wildman–Crippen MR) is 59.6 cm³/mol. The number of hydrogen-bond acceptors (Lipinski definition) is 3. The number of halogens is 1. The summed E-state index contributed by atoms with van der Waals surface area (Å²) in [4.78, 5) is 11.5. The number of para-hydroxylation sites is 2. The topological polar surface area (TPSA) is 47.2 Å². The van der Waals surface area contributed by atoms with E-state index < -0.39 is 0 Å². The average molecular weight is 227 g/mol. The molecule has 5 heteroatoms. The van der Waals surface area contributed by atoms with Gasteiger partial charge < -0.3 is 9.73 Å². The van der Waals surface area contributed by atoms with Gasteiger partial charge in [0.25, 0.3) is 0 Å². The molecule has 1 aromatic heterocycles. The Balaban J connectivity index is 0.000000853. The molecule has 0 bridgehead atoms. The zero-order chi connectivity index (χ0) is 9.54. The van der Waals surface area contributed by atoms with Crippen molar-refractivity contribution in [1.82, 2.24) is 9.88 Å². The van der Waals surface area contributed by atoms with E-state index in [4.69, 9.17) is 4.42 Å². The Bertz CT molecular complexity index is 527. The SMILES string of the molecule is Cl.O=c1oc2ccccc2n1C1CNC1. The zero-order valence-electron chi connectivity index (χ0n) is 7.97. The summed E-state index contributed by atoms with van der Waals surface area (Å²) in [6.45, 7) is 1.70. The van der Waals surface area contributed by atoms with Gasteiger partial charge in [0.15, 0.2) is 5.58 Å². The van der Waals surface area contributed by atoms with E-state index in [2.05, 4.69) is 5.32 Å². The molecule has 1 N–H and O–H groups in total. The first kappa shape index (κ1) is 10.3. The van der Waals surface area contributed by atoms with Crippen LogP contribution in [0.4, 0.5) is 0 Å². The highest BCUT2D eigenvalue weighted by Gasteiger charge is 2.23. The summed E-state index contributed by atoms with van der Waals surface area (Å²) < 4.78 is 6.86. The smallest absolute Gasteiger partial charge is 0.408 e. The highest BCUT2D eigenvalue weighted by Crippen LogP contribution is 2.18. The highest BCUT2D eigenvalue weighted by molar-refractivity contribution is 5.85. The Morgan fingerprint density at radius 1 is 1.33 bits per heavy atom. The molecule has 1 aromatic carbocycles. The Labute approximate surface area is 92.3 Å². The van der Waals surface area contributed by atoms with Gasteiger partial charge in [0.2, 0.25) is 0 Å². The average Bonchev–Trinajstić information content (AvgIpc) is 2.41. The number of nitrogens with zero attached hydrogens (tertiary/aromatic N) is 1. The summed E-state index contributed by atoms with van der Waals surface area (Å²) in [6.07, 6.45) is 0. The number of fused-ring (bicyclic) bond motifs is 1. The van der Waals surface area contributed by atoms with Crippen LogP contribution in [0.3, 0.4) is 0 Å². The molecule has 1 aliphatic rings. The van der Waals surface area contributed by atoms with E-state index in [0.29, 0.717) is 5.58 Å². The molecule has 1 saturated heterocycles. The summed E-state index contributed by atoms with van der Waals surface area (Å²) >= 11 is 0. The van der Waals surface area contributed by atoms with E-state index in [1.807, 2.05) is 24.3 Å². The number of oxazole rings is 1. The summed E-state index contributed by atoms with van der Waals surface area (Å²) in [5, 5.41) is 3.14. The van der Waals surface area contributed by atoms with Crippen molar-refractivity contribution >= 4 is 23.5 Å². The Morgan fingerprint density at radius 3 is 2.73 bits per heavy atom. The van der Waals surface area contributed by atoms with Crippen LogP contribution in [0.15, 0.2) is 33.5 Å². The van der Waals surface area contributed by atoms with Gasteiger partial charge in [-0.3, -0.25) is 4.57 Å². The fourth-order valence-electron chi connectivity index (χ4n) is 1.79. The van der Waals surface area contributed by atoms with Crippen LogP contribution in [0.5, 0.6) is 0 Å². The van der Waals surface area contributed by atoms with E-state index in [1.54, 1.807) is 4.57 Å². The number of aromatic nitrogens is 1. The van der Waals surface area contributed by atoms with Crippen molar-refractivity contribution in [3.8, 4) is 0 Å². The second-order valence-corrected chi connectivity index (χ2v) is 3.52. The molecule has 15 heavy (non-hydrogen) atoms. The fraction of sp³-hybridized carbons (Fsp3) is 0.300. The van der Waals surface area contributed by atoms with Gasteiger partial charge in [-0.05, 0) is 12.1 Å². The highest BCUT2D eigenvalue weighted by atomic mass is 35.5. The van der Waals surface area contributed by atoms with Gasteiger partial charge in [-0.25, -0.2) is 4.79 Å². The Kier molecular flexibility index (Phi) is 2.54. The molecule has 0 radical (unpaired) electrons. The first-order chi connectivity index (χ1) is 6.86. The molecule has 80 valence electrons. The molecule has 1 fully saturated rings. The van der Waals surface area contributed by atoms with Gasteiger partial charge >= 0.3 is 5.76 Å². The van der Waals surface area contributed by atoms with Gasteiger partial charge in [0.1, 0.15) is 0 Å². The van der Waals surface area contributed by atoms with Crippen molar-refractivity contribution in [3.63, 3.8) is 0 Å². The molecular weight excluding hydrogens is 216 g/mol. The van der Waals surface area contributed by atoms with E-state index >= 15 is 0 Å². The molecular formula is C10H11ClN2O2. The third kappa shape index (κ3) is 1.46. The number of benzene rings is 1. The van der Waals surface area contributed by atoms with Crippen molar-refractivity contribution in [3.05, 3.63) is 34.8 Å². The van der Waals surface area contributed by atoms with Crippen LogP contribution in [0.1, 0.15) is 6.04 Å². The molecule has 2 aromatic rings. The van der Waals surface area contributed by atoms with Gasteiger partial charge in [0, 0.05) is 13.1 Å². The molecule has 0 aliphatic carbocycles. The Morgan fingerprint density at radius 2 is 2.07 bits per heavy atom. The number of rotatable bonds is 1. The maximum atomic E-state index is 11.5. The third-order valence-corrected chi connectivity index (χ3v) is 2.64. The van der Waals surface area contributed by atoms with Crippen molar-refractivity contribution in [2.45, 2.75) is 6.04 Å². The van der Waals surface area contributed by atoms with Crippen LogP contribution < -0.4 is 11.1 Å². The van der Waals surface area contributed by atoms with Gasteiger partial charge in [0.05, 0.1) is 11.6 Å². The minimum atomic E-state index is -0.252. The maximum Gasteiger partial charge on any atom is 0.420 e. The van der Waals surface area contributed by atoms with Crippen molar-refractivity contribution in [2.24, 2.45) is 0 Å². The predicted octanol–water partition coefficient (Wildman–Crippen LogP) is 1.16. The molecule has 3 rings (SSSR count). The molecule has 0 spiro atoms. The van der Waals surface area contributed by atoms with Crippen LogP contribution in [0.2, 0.25) is 0 Å². The molecule has 0 amide bonds. The van der Waals surface area contributed by atoms with Crippen LogP contribution >= 0.6 is 12.4 Å². The molecule has 0 saturated carbocycles. The summed E-state index contributed by atoms with van der Waals surface area (Å²) in [6, 6.07) is 7.78. The lowest BCUT2D eigenvalue weighted by molar-refractivity contribution is 0.326. The largest absolute Gasteiger partial charge is 0.420 e. The van der Waals surface area contributed by atoms with Crippen LogP contribution in [-0.2, 0) is 0 Å². The van der Waals surface area contributed by atoms with E-state index in [0.717, 1.165) is 18.6 Å². The van der Waals surface area contributed by atoms with E-state index in [9.17, 15) is 4.79 Å². The quantitative estimate of drug-likeness (QED) is 0.794. The van der Waals surface area contributed by atoms with Crippen molar-refractivity contribution in [2.75, 3.05) is 13.1 Å². The minimum Gasteiger partial charge on any atom is -0.408 e. The first-order valence-corrected chi connectivity index (χ1v) is 4.67. The molecule has 4 nitrogen and oxygen atoms in total. The second-order valence-electron chi connectivity index (χ2n) is 3.52. The van der Waals surface area contributed by atoms with Crippen molar-refractivity contribution in [1.29, 1.82) is 0 Å². The monoisotopic (exact) mass is 226 g/mol. The first-order valence-electron chi connectivity index (χ1n) is 4.67. The molecule has 0 unspecified atom stereocenters. The summed E-state index contributed by atoms with van der Waals surface area (Å²) in [7, 11) is 0. The zero-order valence-corrected chi connectivity index (χ0v) is 8.79. The van der Waals surface area contributed by atoms with Crippen LogP contribution in [0, 0.1) is 0 Å². The standard InChI is InChI=1S/C10H10N2O2.ClH/c13-10-12(7-5-11-6-7)8-3-1-2-4-9(8)14-10;/h1-4,7,11H,5-6H2;1H. The number of hydrogen-bond donors (Lipinski definition) is 1. The summed E-state index contributed by atoms with van der Waals surface area (Å²) in [5.74, 6) is -0.252. The van der Waals surface area contributed by atoms with Crippen LogP contribution in [-0.4, -0.2) is 17.7 Å². The maximum absolute atomic E-state index is 11.5. The fourth-order valence-corrected chi connectivity index (χ4v) is 1.79. The summed E-state index contributed by atoms with van der Waals surface area (Å²) in [5.41, 5.74) is 1.56. The lowest BCUT2D eigenvalue weighted by Gasteiger charge is -2.27.